The molecule has 0 spiro atoms. The van der Waals surface area contributed by atoms with Crippen LogP contribution in [0, 0.1) is 0 Å². The van der Waals surface area contributed by atoms with Gasteiger partial charge in [0.2, 0.25) is 11.2 Å². The standard InChI is InChI=1S/2C10H9ClO4/c1-10(9(12)13)5-14-8-4-6(11)2-3-7(8)15-10;1-10(9(12)13)5-14-7-3-2-6(11)4-8(7)15-10/h2*2-4H,5H2,1H3,(H,12,13). The van der Waals surface area contributed by atoms with Gasteiger partial charge in [0.05, 0.1) is 0 Å². The quantitative estimate of drug-likeness (QED) is 0.699. The van der Waals surface area contributed by atoms with Gasteiger partial charge in [0.15, 0.2) is 23.0 Å². The lowest BCUT2D eigenvalue weighted by Crippen LogP contribution is -2.49. The van der Waals surface area contributed by atoms with Crippen LogP contribution in [-0.4, -0.2) is 46.6 Å². The number of aliphatic carboxylic acids is 2. The van der Waals surface area contributed by atoms with Crippen LogP contribution >= 0.6 is 23.2 Å². The minimum absolute atomic E-state index is 0.0169. The van der Waals surface area contributed by atoms with Gasteiger partial charge < -0.3 is 29.2 Å². The predicted molar refractivity (Wildman–Crippen MR) is 107 cm³/mol. The number of carboxylic acids is 2. The fourth-order valence-electron chi connectivity index (χ4n) is 2.55. The third-order valence-corrected chi connectivity index (χ3v) is 4.86. The molecule has 0 aromatic heterocycles. The highest BCUT2D eigenvalue weighted by atomic mass is 35.5. The number of benzene rings is 2. The first kappa shape index (κ1) is 21.9. The topological polar surface area (TPSA) is 112 Å². The van der Waals surface area contributed by atoms with Gasteiger partial charge in [-0.15, -0.1) is 0 Å². The summed E-state index contributed by atoms with van der Waals surface area (Å²) in [6, 6.07) is 9.66. The van der Waals surface area contributed by atoms with E-state index in [4.69, 9.17) is 52.4 Å². The molecule has 0 saturated carbocycles. The Bertz CT molecular complexity index is 995. The molecule has 2 aromatic carbocycles. The maximum atomic E-state index is 10.9. The second-order valence-corrected chi connectivity index (χ2v) is 7.91. The van der Waals surface area contributed by atoms with Gasteiger partial charge in [-0.1, -0.05) is 23.2 Å². The lowest BCUT2D eigenvalue weighted by molar-refractivity contribution is -0.159. The summed E-state index contributed by atoms with van der Waals surface area (Å²) in [5.41, 5.74) is -2.68. The molecule has 2 heterocycles. The molecule has 0 aliphatic carbocycles. The zero-order valence-electron chi connectivity index (χ0n) is 16.0. The molecule has 2 aromatic rings. The van der Waals surface area contributed by atoms with E-state index in [1.807, 2.05) is 0 Å². The van der Waals surface area contributed by atoms with Crippen LogP contribution in [0.3, 0.4) is 0 Å². The largest absolute Gasteiger partial charge is 0.485 e. The number of fused-ring (bicyclic) bond motifs is 2. The molecule has 0 radical (unpaired) electrons. The summed E-state index contributed by atoms with van der Waals surface area (Å²) in [6.45, 7) is 2.87. The Morgan fingerprint density at radius 2 is 1.20 bits per heavy atom. The second-order valence-electron chi connectivity index (χ2n) is 7.04. The van der Waals surface area contributed by atoms with Crippen molar-refractivity contribution >= 4 is 35.1 Å². The summed E-state index contributed by atoms with van der Waals surface area (Å²) in [5, 5.41) is 18.9. The number of halogens is 2. The number of carboxylic acid groups (broad SMARTS) is 2. The molecule has 30 heavy (non-hydrogen) atoms. The van der Waals surface area contributed by atoms with E-state index in [9.17, 15) is 9.59 Å². The Morgan fingerprint density at radius 1 is 0.767 bits per heavy atom. The molecule has 10 heteroatoms. The smallest absolute Gasteiger partial charge is 0.351 e. The third kappa shape index (κ3) is 4.49. The third-order valence-electron chi connectivity index (χ3n) is 4.39. The van der Waals surface area contributed by atoms with Gasteiger partial charge in [0.1, 0.15) is 13.2 Å². The summed E-state index contributed by atoms with van der Waals surface area (Å²) in [6.07, 6.45) is 0. The van der Waals surface area contributed by atoms with E-state index in [1.165, 1.54) is 19.9 Å². The van der Waals surface area contributed by atoms with Crippen molar-refractivity contribution in [3.05, 3.63) is 46.4 Å². The Labute approximate surface area is 181 Å². The van der Waals surface area contributed by atoms with Crippen LogP contribution in [0.1, 0.15) is 13.8 Å². The molecule has 0 amide bonds. The van der Waals surface area contributed by atoms with Crippen LogP contribution in [-0.2, 0) is 9.59 Å². The fraction of sp³-hybridized carbons (Fsp3) is 0.300. The Hall–Kier alpha value is -2.84. The summed E-state index contributed by atoms with van der Waals surface area (Å²) >= 11 is 11.5. The molecule has 0 bridgehead atoms. The van der Waals surface area contributed by atoms with E-state index >= 15 is 0 Å². The minimum Gasteiger partial charge on any atom is -0.485 e. The van der Waals surface area contributed by atoms with E-state index in [0.717, 1.165) is 0 Å². The Balaban J connectivity index is 0.000000171. The molecule has 8 nitrogen and oxygen atoms in total. The van der Waals surface area contributed by atoms with Crippen LogP contribution in [0.2, 0.25) is 10.0 Å². The Kier molecular flexibility index (Phi) is 5.92. The van der Waals surface area contributed by atoms with Gasteiger partial charge in [0, 0.05) is 22.2 Å². The first-order valence-corrected chi connectivity index (χ1v) is 9.47. The summed E-state index contributed by atoms with van der Waals surface area (Å²) < 4.78 is 21.3. The normalized spacial score (nSPS) is 23.6. The lowest BCUT2D eigenvalue weighted by atomic mass is 10.1. The van der Waals surface area contributed by atoms with Crippen molar-refractivity contribution in [2.24, 2.45) is 0 Å². The van der Waals surface area contributed by atoms with Gasteiger partial charge in [0.25, 0.3) is 0 Å². The van der Waals surface area contributed by atoms with Crippen molar-refractivity contribution < 1.29 is 38.7 Å². The maximum Gasteiger partial charge on any atom is 0.351 e. The number of hydrogen-bond acceptors (Lipinski definition) is 6. The van der Waals surface area contributed by atoms with Crippen LogP contribution in [0.5, 0.6) is 23.0 Å². The first-order valence-electron chi connectivity index (χ1n) is 8.72. The van der Waals surface area contributed by atoms with E-state index < -0.39 is 23.1 Å². The van der Waals surface area contributed by atoms with Crippen LogP contribution in [0.4, 0.5) is 0 Å². The Morgan fingerprint density at radius 3 is 1.73 bits per heavy atom. The molecular weight excluding hydrogens is 439 g/mol. The lowest BCUT2D eigenvalue weighted by Gasteiger charge is -2.31. The van der Waals surface area contributed by atoms with Crippen molar-refractivity contribution in [3.63, 3.8) is 0 Å². The zero-order chi connectivity index (χ0) is 22.1. The van der Waals surface area contributed by atoms with E-state index in [2.05, 4.69) is 0 Å². The molecule has 2 aliphatic heterocycles. The van der Waals surface area contributed by atoms with Crippen LogP contribution in [0.25, 0.3) is 0 Å². The fourth-order valence-corrected chi connectivity index (χ4v) is 2.87. The molecule has 0 saturated heterocycles. The van der Waals surface area contributed by atoms with Gasteiger partial charge in [-0.05, 0) is 38.1 Å². The van der Waals surface area contributed by atoms with Crippen LogP contribution in [0.15, 0.2) is 36.4 Å². The van der Waals surface area contributed by atoms with E-state index in [-0.39, 0.29) is 13.2 Å². The highest BCUT2D eigenvalue weighted by Gasteiger charge is 2.41. The summed E-state index contributed by atoms with van der Waals surface area (Å²) in [5.74, 6) is -0.371. The molecule has 2 aliphatic rings. The summed E-state index contributed by atoms with van der Waals surface area (Å²) in [7, 11) is 0. The molecule has 0 fully saturated rings. The van der Waals surface area contributed by atoms with Gasteiger partial charge >= 0.3 is 11.9 Å². The molecule has 2 unspecified atom stereocenters. The average Bonchev–Trinajstić information content (AvgIpc) is 2.68. The van der Waals surface area contributed by atoms with Crippen LogP contribution < -0.4 is 18.9 Å². The molecule has 160 valence electrons. The van der Waals surface area contributed by atoms with Gasteiger partial charge in [-0.2, -0.15) is 0 Å². The van der Waals surface area contributed by atoms with Crippen molar-refractivity contribution in [1.82, 2.24) is 0 Å². The van der Waals surface area contributed by atoms with Crippen molar-refractivity contribution in [2.75, 3.05) is 13.2 Å². The predicted octanol–water partition coefficient (Wildman–Crippen LogP) is 3.91. The maximum absolute atomic E-state index is 10.9. The summed E-state index contributed by atoms with van der Waals surface area (Å²) in [4.78, 5) is 21.9. The van der Waals surface area contributed by atoms with Crippen molar-refractivity contribution in [1.29, 1.82) is 0 Å². The molecular formula is C20H18Cl2O8. The van der Waals surface area contributed by atoms with E-state index in [1.54, 1.807) is 30.3 Å². The number of rotatable bonds is 2. The first-order chi connectivity index (χ1) is 14.0. The SMILES string of the molecule is CC1(C(=O)O)COc2cc(Cl)ccc2O1.CC1(C(=O)O)COc2ccc(Cl)cc2O1. The van der Waals surface area contributed by atoms with Gasteiger partial charge in [-0.25, -0.2) is 9.59 Å². The van der Waals surface area contributed by atoms with Gasteiger partial charge in [-0.3, -0.25) is 0 Å². The number of carbonyl (C=O) groups is 2. The highest BCUT2D eigenvalue weighted by Crippen LogP contribution is 2.38. The molecule has 2 atom stereocenters. The minimum atomic E-state index is -1.35. The molecule has 4 rings (SSSR count). The number of hydrogen-bond donors (Lipinski definition) is 2. The van der Waals surface area contributed by atoms with Crippen molar-refractivity contribution in [2.45, 2.75) is 25.0 Å². The van der Waals surface area contributed by atoms with Crippen molar-refractivity contribution in [3.8, 4) is 23.0 Å². The number of ether oxygens (including phenoxy) is 4. The van der Waals surface area contributed by atoms with E-state index in [0.29, 0.717) is 33.0 Å². The average molecular weight is 457 g/mol. The highest BCUT2D eigenvalue weighted by molar-refractivity contribution is 6.31. The zero-order valence-corrected chi connectivity index (χ0v) is 17.5. The monoisotopic (exact) mass is 456 g/mol. The second kappa shape index (κ2) is 8.12. The molecule has 2 N–H and O–H groups in total.